The van der Waals surface area contributed by atoms with Crippen LogP contribution in [-0.4, -0.2) is 43.1 Å². The van der Waals surface area contributed by atoms with Gasteiger partial charge in [-0.05, 0) is 43.9 Å². The van der Waals surface area contributed by atoms with Gasteiger partial charge in [-0.2, -0.15) is 0 Å². The fourth-order valence-electron chi connectivity index (χ4n) is 3.83. The van der Waals surface area contributed by atoms with Gasteiger partial charge in [0, 0.05) is 30.9 Å². The highest BCUT2D eigenvalue weighted by Gasteiger charge is 2.32. The highest BCUT2D eigenvalue weighted by molar-refractivity contribution is 6.14. The lowest BCUT2D eigenvalue weighted by molar-refractivity contribution is 0.247. The second-order valence-electron chi connectivity index (χ2n) is 7.18. The fraction of sp³-hybridized carbons (Fsp3) is 0.227. The van der Waals surface area contributed by atoms with Crippen molar-refractivity contribution in [1.29, 1.82) is 0 Å². The van der Waals surface area contributed by atoms with Gasteiger partial charge < -0.3 is 14.2 Å². The zero-order chi connectivity index (χ0) is 17.7. The molecule has 0 bridgehead atoms. The molecule has 0 saturated carbocycles. The molecule has 3 heterocycles. The Morgan fingerprint density at radius 1 is 1.00 bits per heavy atom. The number of hydrogen-bond donors (Lipinski definition) is 0. The molecule has 5 rings (SSSR count). The summed E-state index contributed by atoms with van der Waals surface area (Å²) in [7, 11) is 4.30. The summed E-state index contributed by atoms with van der Waals surface area (Å²) in [6.45, 7) is 2.05. The van der Waals surface area contributed by atoms with Crippen LogP contribution in [0.1, 0.15) is 0 Å². The molecular formula is C22H21N3O. The Balaban J connectivity index is 1.77. The van der Waals surface area contributed by atoms with E-state index in [9.17, 15) is 0 Å². The Morgan fingerprint density at radius 2 is 1.81 bits per heavy atom. The Hall–Kier alpha value is -2.85. The van der Waals surface area contributed by atoms with Crippen LogP contribution in [0.2, 0.25) is 0 Å². The maximum absolute atomic E-state index is 6.03. The van der Waals surface area contributed by atoms with E-state index in [-0.39, 0.29) is 0 Å². The average Bonchev–Trinajstić information content (AvgIpc) is 3.00. The van der Waals surface area contributed by atoms with E-state index in [0.29, 0.717) is 11.8 Å². The predicted octanol–water partition coefficient (Wildman–Crippen LogP) is 4.40. The molecule has 0 spiro atoms. The third kappa shape index (κ3) is 2.30. The number of rotatable bonds is 3. The highest BCUT2D eigenvalue weighted by atomic mass is 16.3. The Kier molecular flexibility index (Phi) is 3.47. The SMILES string of the molecule is CN(C)C1CN(c2c(-c3ccccc3)ccc3oc4ncccc4c23)C1. The van der Waals surface area contributed by atoms with Crippen LogP contribution in [0.5, 0.6) is 0 Å². The molecule has 0 radical (unpaired) electrons. The monoisotopic (exact) mass is 343 g/mol. The third-order valence-corrected chi connectivity index (χ3v) is 5.38. The molecule has 4 aromatic rings. The lowest BCUT2D eigenvalue weighted by Crippen LogP contribution is -2.57. The molecular weight excluding hydrogens is 322 g/mol. The van der Waals surface area contributed by atoms with Crippen molar-refractivity contribution in [2.75, 3.05) is 32.1 Å². The number of hydrogen-bond acceptors (Lipinski definition) is 4. The summed E-state index contributed by atoms with van der Waals surface area (Å²) in [5.41, 5.74) is 5.36. The van der Waals surface area contributed by atoms with E-state index in [0.717, 1.165) is 24.1 Å². The van der Waals surface area contributed by atoms with Gasteiger partial charge in [-0.1, -0.05) is 30.3 Å². The summed E-state index contributed by atoms with van der Waals surface area (Å²) in [6, 6.07) is 19.5. The van der Waals surface area contributed by atoms with Gasteiger partial charge in [0.1, 0.15) is 5.58 Å². The number of pyridine rings is 1. The zero-order valence-corrected chi connectivity index (χ0v) is 15.0. The van der Waals surface area contributed by atoms with E-state index in [1.54, 1.807) is 6.20 Å². The van der Waals surface area contributed by atoms with E-state index in [4.69, 9.17) is 4.42 Å². The predicted molar refractivity (Wildman–Crippen MR) is 107 cm³/mol. The number of nitrogens with zero attached hydrogens (tertiary/aromatic N) is 3. The molecule has 2 aromatic carbocycles. The molecule has 0 atom stereocenters. The average molecular weight is 343 g/mol. The number of fused-ring (bicyclic) bond motifs is 3. The third-order valence-electron chi connectivity index (χ3n) is 5.38. The maximum Gasteiger partial charge on any atom is 0.227 e. The van der Waals surface area contributed by atoms with Crippen LogP contribution < -0.4 is 4.90 Å². The number of anilines is 1. The minimum absolute atomic E-state index is 0.588. The molecule has 0 amide bonds. The first-order valence-electron chi connectivity index (χ1n) is 8.99. The normalized spacial score (nSPS) is 15.1. The van der Waals surface area contributed by atoms with Crippen molar-refractivity contribution in [2.24, 2.45) is 0 Å². The minimum Gasteiger partial charge on any atom is -0.438 e. The van der Waals surface area contributed by atoms with E-state index >= 15 is 0 Å². The number of aromatic nitrogens is 1. The standard InChI is InChI=1S/C22H21N3O/c1-24(2)16-13-25(14-16)21-17(15-7-4-3-5-8-15)10-11-19-20(21)18-9-6-12-23-22(18)26-19/h3-12,16H,13-14H2,1-2H3. The molecule has 1 aliphatic rings. The molecule has 1 saturated heterocycles. The number of furan rings is 1. The van der Waals surface area contributed by atoms with Crippen molar-refractivity contribution in [3.63, 3.8) is 0 Å². The van der Waals surface area contributed by atoms with Gasteiger partial charge in [0.15, 0.2) is 0 Å². The van der Waals surface area contributed by atoms with Crippen molar-refractivity contribution < 1.29 is 4.42 Å². The first-order chi connectivity index (χ1) is 12.7. The summed E-state index contributed by atoms with van der Waals surface area (Å²) in [4.78, 5) is 9.18. The van der Waals surface area contributed by atoms with Gasteiger partial charge in [0.2, 0.25) is 5.71 Å². The quantitative estimate of drug-likeness (QED) is 0.552. The van der Waals surface area contributed by atoms with Crippen LogP contribution in [0.4, 0.5) is 5.69 Å². The number of benzene rings is 2. The largest absolute Gasteiger partial charge is 0.438 e. The minimum atomic E-state index is 0.588. The van der Waals surface area contributed by atoms with Crippen LogP contribution in [0.25, 0.3) is 33.2 Å². The van der Waals surface area contributed by atoms with Gasteiger partial charge in [0.25, 0.3) is 0 Å². The van der Waals surface area contributed by atoms with Crippen molar-refractivity contribution in [1.82, 2.24) is 9.88 Å². The van der Waals surface area contributed by atoms with Crippen LogP contribution in [0, 0.1) is 0 Å². The molecule has 130 valence electrons. The fourth-order valence-corrected chi connectivity index (χ4v) is 3.83. The molecule has 2 aromatic heterocycles. The lowest BCUT2D eigenvalue weighted by Gasteiger charge is -2.45. The van der Waals surface area contributed by atoms with Crippen molar-refractivity contribution in [3.05, 3.63) is 60.8 Å². The second-order valence-corrected chi connectivity index (χ2v) is 7.18. The molecule has 4 nitrogen and oxygen atoms in total. The van der Waals surface area contributed by atoms with Gasteiger partial charge in [-0.3, -0.25) is 0 Å². The summed E-state index contributed by atoms with van der Waals surface area (Å²) >= 11 is 0. The molecule has 0 unspecified atom stereocenters. The van der Waals surface area contributed by atoms with Gasteiger partial charge in [-0.25, -0.2) is 4.98 Å². The van der Waals surface area contributed by atoms with Gasteiger partial charge >= 0.3 is 0 Å². The second kappa shape index (κ2) is 5.85. The first-order valence-corrected chi connectivity index (χ1v) is 8.99. The van der Waals surface area contributed by atoms with Crippen LogP contribution in [0.3, 0.4) is 0 Å². The Labute approximate surface area is 152 Å². The molecule has 1 fully saturated rings. The Morgan fingerprint density at radius 3 is 2.58 bits per heavy atom. The molecule has 26 heavy (non-hydrogen) atoms. The lowest BCUT2D eigenvalue weighted by atomic mass is 9.96. The van der Waals surface area contributed by atoms with Crippen molar-refractivity contribution in [3.8, 4) is 11.1 Å². The molecule has 1 aliphatic heterocycles. The topological polar surface area (TPSA) is 32.5 Å². The van der Waals surface area contributed by atoms with E-state index in [1.165, 1.54) is 22.2 Å². The molecule has 0 N–H and O–H groups in total. The van der Waals surface area contributed by atoms with Gasteiger partial charge in [-0.15, -0.1) is 0 Å². The first kappa shape index (κ1) is 15.4. The van der Waals surface area contributed by atoms with Crippen LogP contribution >= 0.6 is 0 Å². The molecule has 4 heteroatoms. The molecule has 0 aliphatic carbocycles. The van der Waals surface area contributed by atoms with Crippen LogP contribution in [0.15, 0.2) is 65.2 Å². The van der Waals surface area contributed by atoms with E-state index < -0.39 is 0 Å². The summed E-state index contributed by atoms with van der Waals surface area (Å²) in [6.07, 6.45) is 1.79. The summed E-state index contributed by atoms with van der Waals surface area (Å²) in [5.74, 6) is 0. The summed E-state index contributed by atoms with van der Waals surface area (Å²) < 4.78 is 6.03. The number of likely N-dealkylation sites (N-methyl/N-ethyl adjacent to an activating group) is 1. The highest BCUT2D eigenvalue weighted by Crippen LogP contribution is 2.43. The van der Waals surface area contributed by atoms with Crippen molar-refractivity contribution >= 4 is 27.8 Å². The van der Waals surface area contributed by atoms with E-state index in [2.05, 4.69) is 77.4 Å². The Bertz CT molecular complexity index is 1080. The van der Waals surface area contributed by atoms with E-state index in [1.807, 2.05) is 6.07 Å². The van der Waals surface area contributed by atoms with Crippen molar-refractivity contribution in [2.45, 2.75) is 6.04 Å². The van der Waals surface area contributed by atoms with Crippen LogP contribution in [-0.2, 0) is 0 Å². The van der Waals surface area contributed by atoms with Gasteiger partial charge in [0.05, 0.1) is 16.5 Å². The smallest absolute Gasteiger partial charge is 0.227 e. The summed E-state index contributed by atoms with van der Waals surface area (Å²) in [5, 5.41) is 2.26. The zero-order valence-electron chi connectivity index (χ0n) is 15.0. The maximum atomic E-state index is 6.03.